The van der Waals surface area contributed by atoms with Crippen LogP contribution in [0.3, 0.4) is 0 Å². The predicted octanol–water partition coefficient (Wildman–Crippen LogP) is 3.89. The number of ether oxygens (including phenoxy) is 1. The van der Waals surface area contributed by atoms with Crippen LogP contribution in [-0.4, -0.2) is 16.7 Å². The van der Waals surface area contributed by atoms with Crippen molar-refractivity contribution in [2.45, 2.75) is 32.2 Å². The van der Waals surface area contributed by atoms with E-state index in [9.17, 15) is 4.39 Å². The minimum atomic E-state index is -0.403. The number of hydrogen-bond acceptors (Lipinski definition) is 2. The van der Waals surface area contributed by atoms with Gasteiger partial charge in [0.1, 0.15) is 5.82 Å². The number of rotatable bonds is 4. The molecule has 0 saturated carbocycles. The lowest BCUT2D eigenvalue weighted by Gasteiger charge is -2.15. The first-order valence-corrected chi connectivity index (χ1v) is 6.46. The molecule has 0 N–H and O–H groups in total. The molecular weight excluding hydrogens is 255 g/mol. The molecule has 0 aliphatic rings. The van der Waals surface area contributed by atoms with Crippen LogP contribution in [0.15, 0.2) is 12.1 Å². The first-order chi connectivity index (χ1) is 8.62. The zero-order chi connectivity index (χ0) is 13.3. The van der Waals surface area contributed by atoms with Crippen molar-refractivity contribution in [3.63, 3.8) is 0 Å². The molecule has 1 unspecified atom stereocenters. The van der Waals surface area contributed by atoms with Crippen LogP contribution in [0.1, 0.15) is 32.1 Å². The minimum absolute atomic E-state index is 0.230. The smallest absolute Gasteiger partial charge is 0.167 e. The fourth-order valence-corrected chi connectivity index (χ4v) is 2.26. The van der Waals surface area contributed by atoms with Gasteiger partial charge in [-0.3, -0.25) is 0 Å². The second kappa shape index (κ2) is 5.14. The Morgan fingerprint density at radius 2 is 2.22 bits per heavy atom. The number of halogens is 2. The van der Waals surface area contributed by atoms with Gasteiger partial charge in [0.2, 0.25) is 0 Å². The molecule has 2 rings (SSSR count). The zero-order valence-electron chi connectivity index (χ0n) is 10.7. The Kier molecular flexibility index (Phi) is 3.76. The molecule has 5 heteroatoms. The fourth-order valence-electron chi connectivity index (χ4n) is 2.07. The van der Waals surface area contributed by atoms with Crippen molar-refractivity contribution in [2.75, 3.05) is 7.11 Å². The van der Waals surface area contributed by atoms with Gasteiger partial charge in [-0.2, -0.15) is 0 Å². The number of alkyl halides is 1. The van der Waals surface area contributed by atoms with E-state index in [1.54, 1.807) is 6.07 Å². The normalized spacial score (nSPS) is 12.9. The molecule has 0 aliphatic heterocycles. The highest BCUT2D eigenvalue weighted by Gasteiger charge is 2.16. The lowest BCUT2D eigenvalue weighted by atomic mass is 10.2. The van der Waals surface area contributed by atoms with Crippen molar-refractivity contribution in [3.8, 4) is 5.75 Å². The number of fused-ring (bicyclic) bond motifs is 1. The Balaban J connectivity index is 2.72. The maximum absolute atomic E-state index is 13.6. The molecule has 0 aliphatic carbocycles. The molecule has 1 heterocycles. The molecule has 2 aromatic rings. The van der Waals surface area contributed by atoms with E-state index in [1.165, 1.54) is 13.2 Å². The molecule has 0 radical (unpaired) electrons. The maximum atomic E-state index is 13.6. The highest BCUT2D eigenvalue weighted by atomic mass is 35.5. The Morgan fingerprint density at radius 3 is 2.78 bits per heavy atom. The average Bonchev–Trinajstić information content (AvgIpc) is 2.73. The third-order valence-electron chi connectivity index (χ3n) is 3.19. The molecule has 0 fully saturated rings. The Bertz CT molecular complexity index is 568. The summed E-state index contributed by atoms with van der Waals surface area (Å²) in [5, 5.41) is 0. The van der Waals surface area contributed by atoms with Crippen LogP contribution >= 0.6 is 11.6 Å². The van der Waals surface area contributed by atoms with Crippen LogP contribution in [0.2, 0.25) is 0 Å². The summed E-state index contributed by atoms with van der Waals surface area (Å²) in [5.74, 6) is 0.893. The lowest BCUT2D eigenvalue weighted by molar-refractivity contribution is 0.387. The van der Waals surface area contributed by atoms with Crippen molar-refractivity contribution in [1.29, 1.82) is 0 Å². The molecule has 0 saturated heterocycles. The number of benzene rings is 1. The zero-order valence-corrected chi connectivity index (χ0v) is 11.5. The van der Waals surface area contributed by atoms with Gasteiger partial charge < -0.3 is 9.30 Å². The van der Waals surface area contributed by atoms with Gasteiger partial charge in [-0.05, 0) is 13.3 Å². The van der Waals surface area contributed by atoms with E-state index >= 15 is 0 Å². The lowest BCUT2D eigenvalue weighted by Crippen LogP contribution is -2.07. The molecule has 0 spiro atoms. The average molecular weight is 271 g/mol. The number of methoxy groups -OCH3 is 1. The second-order valence-corrected chi connectivity index (χ2v) is 4.53. The molecule has 98 valence electrons. The summed E-state index contributed by atoms with van der Waals surface area (Å²) in [4.78, 5) is 4.37. The van der Waals surface area contributed by atoms with E-state index in [4.69, 9.17) is 16.3 Å². The molecule has 3 nitrogen and oxygen atoms in total. The van der Waals surface area contributed by atoms with Gasteiger partial charge in [0, 0.05) is 18.2 Å². The van der Waals surface area contributed by atoms with Crippen molar-refractivity contribution >= 4 is 22.6 Å². The maximum Gasteiger partial charge on any atom is 0.167 e. The van der Waals surface area contributed by atoms with Gasteiger partial charge in [0.05, 0.1) is 24.0 Å². The summed E-state index contributed by atoms with van der Waals surface area (Å²) in [5.41, 5.74) is 1.47. The minimum Gasteiger partial charge on any atom is -0.494 e. The second-order valence-electron chi connectivity index (χ2n) is 4.26. The standard InChI is InChI=1S/C13H16ClFN2O/c1-4-8(2)17-11-6-12(18-3)9(15)5-10(11)16-13(17)7-14/h5-6,8H,4,7H2,1-3H3. The van der Waals surface area contributed by atoms with Crippen molar-refractivity contribution in [2.24, 2.45) is 0 Å². The monoisotopic (exact) mass is 270 g/mol. The first kappa shape index (κ1) is 13.1. The highest BCUT2D eigenvalue weighted by Crippen LogP contribution is 2.29. The van der Waals surface area contributed by atoms with Crippen LogP contribution in [0, 0.1) is 5.82 Å². The van der Waals surface area contributed by atoms with Crippen molar-refractivity contribution < 1.29 is 9.13 Å². The van der Waals surface area contributed by atoms with E-state index < -0.39 is 5.82 Å². The van der Waals surface area contributed by atoms with Crippen molar-refractivity contribution in [1.82, 2.24) is 9.55 Å². The van der Waals surface area contributed by atoms with Crippen LogP contribution < -0.4 is 4.74 Å². The first-order valence-electron chi connectivity index (χ1n) is 5.92. The summed E-state index contributed by atoms with van der Waals surface area (Å²) in [6, 6.07) is 3.34. The number of imidazole rings is 1. The third-order valence-corrected chi connectivity index (χ3v) is 3.43. The molecule has 0 amide bonds. The predicted molar refractivity (Wildman–Crippen MR) is 70.8 cm³/mol. The summed E-state index contributed by atoms with van der Waals surface area (Å²) >= 11 is 5.91. The Hall–Kier alpha value is -1.29. The largest absolute Gasteiger partial charge is 0.494 e. The molecule has 0 bridgehead atoms. The van der Waals surface area contributed by atoms with Crippen molar-refractivity contribution in [3.05, 3.63) is 23.8 Å². The topological polar surface area (TPSA) is 27.1 Å². The van der Waals surface area contributed by atoms with Crippen LogP contribution in [-0.2, 0) is 5.88 Å². The summed E-state index contributed by atoms with van der Waals surface area (Å²) in [6.45, 7) is 4.18. The third kappa shape index (κ3) is 2.05. The molecule has 1 aromatic carbocycles. The number of hydrogen-bond donors (Lipinski definition) is 0. The van der Waals surface area contributed by atoms with Crippen LogP contribution in [0.5, 0.6) is 5.75 Å². The van der Waals surface area contributed by atoms with E-state index in [0.717, 1.165) is 17.8 Å². The Morgan fingerprint density at radius 1 is 1.50 bits per heavy atom. The number of aromatic nitrogens is 2. The molecule has 1 aromatic heterocycles. The molecule has 18 heavy (non-hydrogen) atoms. The van der Waals surface area contributed by atoms with E-state index in [1.807, 2.05) is 4.57 Å². The summed E-state index contributed by atoms with van der Waals surface area (Å²) in [6.07, 6.45) is 0.953. The molecule has 1 atom stereocenters. The Labute approximate surface area is 111 Å². The van der Waals surface area contributed by atoms with Gasteiger partial charge in [-0.1, -0.05) is 6.92 Å². The van der Waals surface area contributed by atoms with Crippen LogP contribution in [0.25, 0.3) is 11.0 Å². The van der Waals surface area contributed by atoms with Gasteiger partial charge in [-0.15, -0.1) is 11.6 Å². The molecular formula is C13H16ClFN2O. The quantitative estimate of drug-likeness (QED) is 0.788. The summed E-state index contributed by atoms with van der Waals surface area (Å²) in [7, 11) is 1.46. The number of nitrogens with zero attached hydrogens (tertiary/aromatic N) is 2. The van der Waals surface area contributed by atoms with Crippen LogP contribution in [0.4, 0.5) is 4.39 Å². The van der Waals surface area contributed by atoms with Gasteiger partial charge in [-0.25, -0.2) is 9.37 Å². The highest BCUT2D eigenvalue weighted by molar-refractivity contribution is 6.16. The fraction of sp³-hybridized carbons (Fsp3) is 0.462. The SMILES string of the molecule is CCC(C)n1c(CCl)nc2cc(F)c(OC)cc21. The van der Waals surface area contributed by atoms with E-state index in [-0.39, 0.29) is 11.8 Å². The van der Waals surface area contributed by atoms with Gasteiger partial charge in [0.15, 0.2) is 11.6 Å². The van der Waals surface area contributed by atoms with E-state index in [2.05, 4.69) is 18.8 Å². The van der Waals surface area contributed by atoms with E-state index in [0.29, 0.717) is 11.4 Å². The van der Waals surface area contributed by atoms with Gasteiger partial charge in [0.25, 0.3) is 0 Å². The summed E-state index contributed by atoms with van der Waals surface area (Å²) < 4.78 is 20.7. The van der Waals surface area contributed by atoms with Gasteiger partial charge >= 0.3 is 0 Å².